The van der Waals surface area contributed by atoms with Crippen LogP contribution < -0.4 is 24.2 Å². The van der Waals surface area contributed by atoms with Crippen molar-refractivity contribution in [2.45, 2.75) is 38.8 Å². The fourth-order valence-electron chi connectivity index (χ4n) is 4.96. The summed E-state index contributed by atoms with van der Waals surface area (Å²) in [6.07, 6.45) is 1.01. The van der Waals surface area contributed by atoms with E-state index in [1.165, 1.54) is 4.90 Å². The zero-order chi connectivity index (χ0) is 26.6. The summed E-state index contributed by atoms with van der Waals surface area (Å²) in [5.74, 6) is 0.446. The number of hydroxylamine groups is 1. The Kier molecular flexibility index (Phi) is 7.51. The van der Waals surface area contributed by atoms with Crippen molar-refractivity contribution in [2.75, 3.05) is 30.3 Å². The molecule has 0 bridgehead atoms. The van der Waals surface area contributed by atoms with E-state index in [-0.39, 0.29) is 5.91 Å². The van der Waals surface area contributed by atoms with Gasteiger partial charge in [0.25, 0.3) is 5.91 Å². The number of benzene rings is 3. The molecule has 3 aromatic carbocycles. The van der Waals surface area contributed by atoms with Gasteiger partial charge in [-0.25, -0.2) is 9.96 Å². The first-order chi connectivity index (χ1) is 18.6. The van der Waals surface area contributed by atoms with Gasteiger partial charge in [0.2, 0.25) is 5.91 Å². The number of unbranched alkanes of at least 4 members (excludes halogenated alkanes) is 1. The van der Waals surface area contributed by atoms with E-state index in [0.717, 1.165) is 24.1 Å². The van der Waals surface area contributed by atoms with Crippen LogP contribution in [-0.2, 0) is 14.4 Å². The summed E-state index contributed by atoms with van der Waals surface area (Å²) < 4.78 is 17.1. The predicted molar refractivity (Wildman–Crippen MR) is 144 cm³/mol. The maximum atomic E-state index is 13.9. The summed E-state index contributed by atoms with van der Waals surface area (Å²) in [7, 11) is 1.57. The minimum Gasteiger partial charge on any atom is -0.497 e. The average Bonchev–Trinajstić information content (AvgIpc) is 3.46. The monoisotopic (exact) mass is 516 g/mol. The molecule has 2 aliphatic heterocycles. The smallest absolute Gasteiger partial charge is 0.266 e. The van der Waals surface area contributed by atoms with Gasteiger partial charge in [-0.05, 0) is 67.4 Å². The van der Waals surface area contributed by atoms with Crippen LogP contribution in [0.15, 0.2) is 72.8 Å². The Morgan fingerprint density at radius 2 is 1.61 bits per heavy atom. The lowest BCUT2D eigenvalue weighted by Crippen LogP contribution is -2.37. The highest BCUT2D eigenvalue weighted by molar-refractivity contribution is 6.23. The second kappa shape index (κ2) is 11.1. The summed E-state index contributed by atoms with van der Waals surface area (Å²) in [5, 5.41) is 1.68. The molecule has 0 aromatic heterocycles. The van der Waals surface area contributed by atoms with Crippen molar-refractivity contribution in [3.63, 3.8) is 0 Å². The third-order valence-corrected chi connectivity index (χ3v) is 6.82. The fraction of sp³-hybridized carbons (Fsp3) is 0.333. The van der Waals surface area contributed by atoms with E-state index in [9.17, 15) is 9.59 Å². The number of hydrogen-bond acceptors (Lipinski definition) is 7. The molecule has 2 amide bonds. The summed E-state index contributed by atoms with van der Waals surface area (Å²) in [5.41, 5.74) is 2.04. The van der Waals surface area contributed by atoms with Crippen LogP contribution >= 0.6 is 0 Å². The molecule has 8 nitrogen and oxygen atoms in total. The third kappa shape index (κ3) is 4.67. The highest BCUT2D eigenvalue weighted by Crippen LogP contribution is 2.48. The van der Waals surface area contributed by atoms with E-state index in [1.807, 2.05) is 55.5 Å². The standard InChI is InChI=1S/C30H32N2O6/c1-4-6-18-37-24-17-12-20(19-25(24)36-5-2)27-26-28(38-32(27)22-10-8-7-9-11-22)30(34)31(29(26)33)21-13-15-23(35-3)16-14-21/h7-17,19,26-28H,4-6,18H2,1-3H3/t26-,27-,28+/m1/s1. The first-order valence-corrected chi connectivity index (χ1v) is 13.0. The molecule has 0 unspecified atom stereocenters. The van der Waals surface area contributed by atoms with Crippen molar-refractivity contribution in [2.24, 2.45) is 5.92 Å². The lowest BCUT2D eigenvalue weighted by atomic mass is 9.90. The first kappa shape index (κ1) is 25.6. The highest BCUT2D eigenvalue weighted by Gasteiger charge is 2.60. The zero-order valence-electron chi connectivity index (χ0n) is 21.8. The lowest BCUT2D eigenvalue weighted by molar-refractivity contribution is -0.126. The van der Waals surface area contributed by atoms with E-state index in [1.54, 1.807) is 36.4 Å². The van der Waals surface area contributed by atoms with Gasteiger partial charge < -0.3 is 14.2 Å². The molecule has 2 heterocycles. The van der Waals surface area contributed by atoms with E-state index >= 15 is 0 Å². The molecule has 198 valence electrons. The molecule has 0 saturated carbocycles. The van der Waals surface area contributed by atoms with Crippen molar-refractivity contribution in [3.8, 4) is 17.2 Å². The van der Waals surface area contributed by atoms with E-state index < -0.39 is 24.0 Å². The normalized spacial score (nSPS) is 20.6. The lowest BCUT2D eigenvalue weighted by Gasteiger charge is -2.29. The van der Waals surface area contributed by atoms with Crippen LogP contribution in [0.1, 0.15) is 38.3 Å². The number of anilines is 2. The van der Waals surface area contributed by atoms with Crippen LogP contribution in [0.25, 0.3) is 0 Å². The van der Waals surface area contributed by atoms with Crippen molar-refractivity contribution in [1.29, 1.82) is 0 Å². The van der Waals surface area contributed by atoms with Crippen LogP contribution in [-0.4, -0.2) is 38.2 Å². The minimum absolute atomic E-state index is 0.310. The van der Waals surface area contributed by atoms with Gasteiger partial charge in [0.15, 0.2) is 17.6 Å². The van der Waals surface area contributed by atoms with Crippen molar-refractivity contribution in [1.82, 2.24) is 0 Å². The number of imide groups is 1. The molecule has 2 aliphatic rings. The quantitative estimate of drug-likeness (QED) is 0.266. The van der Waals surface area contributed by atoms with Gasteiger partial charge in [-0.15, -0.1) is 0 Å². The number of nitrogens with zero attached hydrogens (tertiary/aromatic N) is 2. The van der Waals surface area contributed by atoms with Crippen molar-refractivity contribution < 1.29 is 28.6 Å². The van der Waals surface area contributed by atoms with Crippen LogP contribution in [0.5, 0.6) is 17.2 Å². The van der Waals surface area contributed by atoms with E-state index in [2.05, 4.69) is 6.92 Å². The predicted octanol–water partition coefficient (Wildman–Crippen LogP) is 5.32. The molecular formula is C30H32N2O6. The van der Waals surface area contributed by atoms with Gasteiger partial charge >= 0.3 is 0 Å². The highest BCUT2D eigenvalue weighted by atomic mass is 16.7. The molecule has 0 N–H and O–H groups in total. The summed E-state index contributed by atoms with van der Waals surface area (Å²) in [4.78, 5) is 34.9. The van der Waals surface area contributed by atoms with E-state index in [0.29, 0.717) is 36.1 Å². The number of amides is 2. The molecule has 2 fully saturated rings. The molecule has 0 radical (unpaired) electrons. The molecule has 0 aliphatic carbocycles. The zero-order valence-corrected chi connectivity index (χ0v) is 21.8. The average molecular weight is 517 g/mol. The van der Waals surface area contributed by atoms with Gasteiger partial charge in [0.1, 0.15) is 11.7 Å². The van der Waals surface area contributed by atoms with E-state index in [4.69, 9.17) is 19.0 Å². The molecule has 38 heavy (non-hydrogen) atoms. The molecule has 0 spiro atoms. The third-order valence-electron chi connectivity index (χ3n) is 6.82. The number of para-hydroxylation sites is 1. The second-order valence-electron chi connectivity index (χ2n) is 9.21. The van der Waals surface area contributed by atoms with Crippen LogP contribution in [0.4, 0.5) is 11.4 Å². The molecule has 2 saturated heterocycles. The Balaban J connectivity index is 1.54. The number of fused-ring (bicyclic) bond motifs is 1. The molecule has 3 atom stereocenters. The van der Waals surface area contributed by atoms with Crippen LogP contribution in [0, 0.1) is 5.92 Å². The van der Waals surface area contributed by atoms with Crippen LogP contribution in [0.3, 0.4) is 0 Å². The topological polar surface area (TPSA) is 77.5 Å². The van der Waals surface area contributed by atoms with Crippen molar-refractivity contribution >= 4 is 23.2 Å². The van der Waals surface area contributed by atoms with Crippen LogP contribution in [0.2, 0.25) is 0 Å². The van der Waals surface area contributed by atoms with Gasteiger partial charge in [-0.3, -0.25) is 14.4 Å². The van der Waals surface area contributed by atoms with Gasteiger partial charge in [0, 0.05) is 0 Å². The SMILES string of the molecule is CCCCOc1ccc([C@@H]2[C@H]3C(=O)N(c4ccc(OC)cc4)C(=O)[C@H]3ON2c2ccccc2)cc1OCC. The fourth-order valence-corrected chi connectivity index (χ4v) is 4.96. The maximum Gasteiger partial charge on any atom is 0.266 e. The summed E-state index contributed by atoms with van der Waals surface area (Å²) in [6, 6.07) is 21.5. The molecule has 5 rings (SSSR count). The molecule has 8 heteroatoms. The summed E-state index contributed by atoms with van der Waals surface area (Å²) in [6.45, 7) is 5.08. The molecule has 3 aromatic rings. The van der Waals surface area contributed by atoms with Gasteiger partial charge in [-0.2, -0.15) is 0 Å². The number of carbonyl (C=O) groups is 2. The Morgan fingerprint density at radius 1 is 0.842 bits per heavy atom. The Labute approximate surface area is 222 Å². The van der Waals surface area contributed by atoms with Gasteiger partial charge in [-0.1, -0.05) is 37.6 Å². The Hall–Kier alpha value is -4.04. The second-order valence-corrected chi connectivity index (χ2v) is 9.21. The van der Waals surface area contributed by atoms with Crippen molar-refractivity contribution in [3.05, 3.63) is 78.4 Å². The Bertz CT molecular complexity index is 1280. The minimum atomic E-state index is -0.953. The number of carbonyl (C=O) groups excluding carboxylic acids is 2. The largest absolute Gasteiger partial charge is 0.497 e. The molecular weight excluding hydrogens is 484 g/mol. The summed E-state index contributed by atoms with van der Waals surface area (Å²) >= 11 is 0. The number of rotatable bonds is 10. The first-order valence-electron chi connectivity index (χ1n) is 13.0. The number of hydrogen-bond donors (Lipinski definition) is 0. The number of ether oxygens (including phenoxy) is 3. The number of methoxy groups -OCH3 is 1. The van der Waals surface area contributed by atoms with Gasteiger partial charge in [0.05, 0.1) is 37.7 Å². The Morgan fingerprint density at radius 3 is 2.29 bits per heavy atom. The maximum absolute atomic E-state index is 13.9.